The minimum atomic E-state index is -0.707. The predicted octanol–water partition coefficient (Wildman–Crippen LogP) is 6.74. The maximum absolute atomic E-state index is 14.6. The number of rotatable bonds is 2. The average Bonchev–Trinajstić information content (AvgIpc) is 2.54. The van der Waals surface area contributed by atoms with E-state index in [9.17, 15) is 13.2 Å². The Morgan fingerprint density at radius 3 is 1.68 bits per heavy atom. The molecule has 3 rings (SSSR count). The molecule has 0 amide bonds. The molecule has 0 aliphatic rings. The van der Waals surface area contributed by atoms with Crippen molar-refractivity contribution in [3.05, 3.63) is 83.7 Å². The summed E-state index contributed by atoms with van der Waals surface area (Å²) in [5, 5.41) is 0. The Hall–Kier alpha value is -2.55. The SMILES string of the molecule is CC(C)(C)c1ccc(-c2ccc(-c3ccc(F)cc3F)cc2F)cc1. The van der Waals surface area contributed by atoms with E-state index in [0.29, 0.717) is 11.1 Å². The van der Waals surface area contributed by atoms with Crippen molar-refractivity contribution in [2.24, 2.45) is 0 Å². The van der Waals surface area contributed by atoms with Crippen LogP contribution in [0.15, 0.2) is 60.7 Å². The van der Waals surface area contributed by atoms with Gasteiger partial charge in [-0.05, 0) is 40.3 Å². The third kappa shape index (κ3) is 3.60. The normalized spacial score (nSPS) is 11.6. The highest BCUT2D eigenvalue weighted by Crippen LogP contribution is 2.31. The molecule has 0 atom stereocenters. The molecule has 0 saturated carbocycles. The first kappa shape index (κ1) is 17.3. The van der Waals surface area contributed by atoms with Gasteiger partial charge < -0.3 is 0 Å². The third-order valence-electron chi connectivity index (χ3n) is 4.27. The lowest BCUT2D eigenvalue weighted by Crippen LogP contribution is -2.10. The summed E-state index contributed by atoms with van der Waals surface area (Å²) in [4.78, 5) is 0. The maximum Gasteiger partial charge on any atom is 0.133 e. The van der Waals surface area contributed by atoms with Gasteiger partial charge in [0.25, 0.3) is 0 Å². The van der Waals surface area contributed by atoms with Gasteiger partial charge in [-0.2, -0.15) is 0 Å². The molecule has 3 heteroatoms. The van der Waals surface area contributed by atoms with Crippen LogP contribution in [0.25, 0.3) is 22.3 Å². The van der Waals surface area contributed by atoms with Crippen LogP contribution < -0.4 is 0 Å². The summed E-state index contributed by atoms with van der Waals surface area (Å²) < 4.78 is 41.5. The zero-order valence-electron chi connectivity index (χ0n) is 14.4. The molecule has 128 valence electrons. The van der Waals surface area contributed by atoms with Gasteiger partial charge in [-0.25, -0.2) is 13.2 Å². The van der Waals surface area contributed by atoms with Crippen molar-refractivity contribution in [1.29, 1.82) is 0 Å². The monoisotopic (exact) mass is 340 g/mol. The molecular weight excluding hydrogens is 321 g/mol. The molecule has 0 unspecified atom stereocenters. The van der Waals surface area contributed by atoms with Crippen LogP contribution in [0.3, 0.4) is 0 Å². The van der Waals surface area contributed by atoms with Gasteiger partial charge in [-0.15, -0.1) is 0 Å². The van der Waals surface area contributed by atoms with Gasteiger partial charge >= 0.3 is 0 Å². The van der Waals surface area contributed by atoms with E-state index >= 15 is 0 Å². The Kier molecular flexibility index (Phi) is 4.42. The molecule has 0 N–H and O–H groups in total. The van der Waals surface area contributed by atoms with Crippen molar-refractivity contribution in [1.82, 2.24) is 0 Å². The Morgan fingerprint density at radius 2 is 1.12 bits per heavy atom. The van der Waals surface area contributed by atoms with E-state index in [1.165, 1.54) is 17.7 Å². The summed E-state index contributed by atoms with van der Waals surface area (Å²) in [6.45, 7) is 6.36. The lowest BCUT2D eigenvalue weighted by molar-refractivity contribution is 0.585. The fraction of sp³-hybridized carbons (Fsp3) is 0.182. The fourth-order valence-corrected chi connectivity index (χ4v) is 2.79. The zero-order valence-corrected chi connectivity index (χ0v) is 14.4. The van der Waals surface area contributed by atoms with Crippen molar-refractivity contribution in [2.45, 2.75) is 26.2 Å². The van der Waals surface area contributed by atoms with E-state index in [4.69, 9.17) is 0 Å². The van der Waals surface area contributed by atoms with Crippen LogP contribution in [0.1, 0.15) is 26.3 Å². The van der Waals surface area contributed by atoms with Gasteiger partial charge in [0.2, 0.25) is 0 Å². The topological polar surface area (TPSA) is 0 Å². The Balaban J connectivity index is 1.97. The fourth-order valence-electron chi connectivity index (χ4n) is 2.79. The van der Waals surface area contributed by atoms with Crippen LogP contribution in [-0.2, 0) is 5.41 Å². The molecular formula is C22H19F3. The van der Waals surface area contributed by atoms with Crippen molar-refractivity contribution in [2.75, 3.05) is 0 Å². The largest absolute Gasteiger partial charge is 0.207 e. The first-order valence-electron chi connectivity index (χ1n) is 8.11. The van der Waals surface area contributed by atoms with Gasteiger partial charge in [0, 0.05) is 17.2 Å². The van der Waals surface area contributed by atoms with Crippen LogP contribution in [0.4, 0.5) is 13.2 Å². The van der Waals surface area contributed by atoms with Crippen molar-refractivity contribution in [3.8, 4) is 22.3 Å². The van der Waals surface area contributed by atoms with Gasteiger partial charge in [0.1, 0.15) is 17.5 Å². The highest BCUT2D eigenvalue weighted by molar-refractivity contribution is 5.71. The molecule has 3 aromatic rings. The molecule has 0 aliphatic carbocycles. The molecule has 0 bridgehead atoms. The van der Waals surface area contributed by atoms with E-state index < -0.39 is 17.5 Å². The molecule has 0 spiro atoms. The summed E-state index contributed by atoms with van der Waals surface area (Å²) in [6, 6.07) is 15.6. The Bertz CT molecular complexity index is 904. The molecule has 0 nitrogen and oxygen atoms in total. The summed E-state index contributed by atoms with van der Waals surface area (Å²) in [6.07, 6.45) is 0. The van der Waals surface area contributed by atoms with Crippen LogP contribution in [0.5, 0.6) is 0 Å². The van der Waals surface area contributed by atoms with Crippen LogP contribution in [-0.4, -0.2) is 0 Å². The van der Waals surface area contributed by atoms with E-state index in [1.54, 1.807) is 12.1 Å². The minimum absolute atomic E-state index is 0.0288. The molecule has 3 aromatic carbocycles. The molecule has 0 fully saturated rings. The van der Waals surface area contributed by atoms with Crippen molar-refractivity contribution in [3.63, 3.8) is 0 Å². The predicted molar refractivity (Wildman–Crippen MR) is 95.9 cm³/mol. The summed E-state index contributed by atoms with van der Waals surface area (Å²) >= 11 is 0. The number of hydrogen-bond donors (Lipinski definition) is 0. The lowest BCUT2D eigenvalue weighted by Gasteiger charge is -2.19. The van der Waals surface area contributed by atoms with E-state index in [1.807, 2.05) is 24.3 Å². The van der Waals surface area contributed by atoms with Crippen LogP contribution >= 0.6 is 0 Å². The van der Waals surface area contributed by atoms with Gasteiger partial charge in [0.05, 0.1) is 0 Å². The van der Waals surface area contributed by atoms with Crippen molar-refractivity contribution >= 4 is 0 Å². The minimum Gasteiger partial charge on any atom is -0.207 e. The molecule has 0 heterocycles. The van der Waals surface area contributed by atoms with E-state index in [2.05, 4.69) is 20.8 Å². The maximum atomic E-state index is 14.6. The summed E-state index contributed by atoms with van der Waals surface area (Å²) in [5.41, 5.74) is 2.96. The van der Waals surface area contributed by atoms with Gasteiger partial charge in [-0.1, -0.05) is 57.2 Å². The lowest BCUT2D eigenvalue weighted by atomic mass is 9.86. The smallest absolute Gasteiger partial charge is 0.133 e. The molecule has 0 aromatic heterocycles. The number of halogens is 3. The second-order valence-electron chi connectivity index (χ2n) is 7.15. The highest BCUT2D eigenvalue weighted by atomic mass is 19.1. The van der Waals surface area contributed by atoms with Crippen molar-refractivity contribution < 1.29 is 13.2 Å². The van der Waals surface area contributed by atoms with Gasteiger partial charge in [-0.3, -0.25) is 0 Å². The second kappa shape index (κ2) is 6.40. The summed E-state index contributed by atoms with van der Waals surface area (Å²) in [5.74, 6) is -1.80. The zero-order chi connectivity index (χ0) is 18.2. The molecule has 0 radical (unpaired) electrons. The second-order valence-corrected chi connectivity index (χ2v) is 7.15. The summed E-state index contributed by atoms with van der Waals surface area (Å²) in [7, 11) is 0. The molecule has 0 saturated heterocycles. The number of benzene rings is 3. The average molecular weight is 340 g/mol. The van der Waals surface area contributed by atoms with Crippen LogP contribution in [0.2, 0.25) is 0 Å². The third-order valence-corrected chi connectivity index (χ3v) is 4.27. The number of hydrogen-bond acceptors (Lipinski definition) is 0. The standard InChI is InChI=1S/C22H19F3/c1-22(2,3)16-7-4-14(5-8-16)18-10-6-15(12-20(18)24)19-11-9-17(23)13-21(19)25/h4-13H,1-3H3. The first-order valence-corrected chi connectivity index (χ1v) is 8.11. The highest BCUT2D eigenvalue weighted by Gasteiger charge is 2.15. The van der Waals surface area contributed by atoms with E-state index in [-0.39, 0.29) is 11.0 Å². The Labute approximate surface area is 146 Å². The first-order chi connectivity index (χ1) is 11.8. The molecule has 0 aliphatic heterocycles. The quantitative estimate of drug-likeness (QED) is 0.485. The Morgan fingerprint density at radius 1 is 0.600 bits per heavy atom. The van der Waals surface area contributed by atoms with Gasteiger partial charge in [0.15, 0.2) is 0 Å². The molecule has 25 heavy (non-hydrogen) atoms. The van der Waals surface area contributed by atoms with E-state index in [0.717, 1.165) is 17.7 Å². The van der Waals surface area contributed by atoms with Crippen LogP contribution in [0, 0.1) is 17.5 Å².